The second-order valence-corrected chi connectivity index (χ2v) is 8.63. The van der Waals surface area contributed by atoms with Gasteiger partial charge in [-0.25, -0.2) is 12.8 Å². The molecule has 0 atom stereocenters. The summed E-state index contributed by atoms with van der Waals surface area (Å²) in [6.45, 7) is 1.43. The molecule has 0 saturated heterocycles. The first-order chi connectivity index (χ1) is 12.9. The number of rotatable bonds is 8. The van der Waals surface area contributed by atoms with E-state index < -0.39 is 15.8 Å². The van der Waals surface area contributed by atoms with E-state index in [4.69, 9.17) is 0 Å². The van der Waals surface area contributed by atoms with E-state index in [9.17, 15) is 17.6 Å². The monoisotopic (exact) mass is 390 g/mol. The maximum Gasteiger partial charge on any atom is 0.232 e. The van der Waals surface area contributed by atoms with Crippen molar-refractivity contribution in [3.05, 3.63) is 59.9 Å². The lowest BCUT2D eigenvalue weighted by Crippen LogP contribution is -2.32. The molecule has 1 aliphatic rings. The number of carbonyl (C=O) groups is 1. The molecule has 144 valence electrons. The molecule has 1 saturated carbocycles. The van der Waals surface area contributed by atoms with Gasteiger partial charge in [0.25, 0.3) is 0 Å². The fourth-order valence-corrected chi connectivity index (χ4v) is 4.21. The quantitative estimate of drug-likeness (QED) is 0.747. The zero-order valence-corrected chi connectivity index (χ0v) is 16.0. The largest absolute Gasteiger partial charge is 0.308 e. The summed E-state index contributed by atoms with van der Waals surface area (Å²) in [4.78, 5) is 13.6. The molecule has 5 nitrogen and oxygen atoms in total. The van der Waals surface area contributed by atoms with Gasteiger partial charge in [0, 0.05) is 19.0 Å². The van der Waals surface area contributed by atoms with Crippen molar-refractivity contribution in [2.24, 2.45) is 0 Å². The predicted octanol–water partition coefficient (Wildman–Crippen LogP) is 3.72. The van der Waals surface area contributed by atoms with Crippen LogP contribution < -0.4 is 9.62 Å². The van der Waals surface area contributed by atoms with E-state index in [1.165, 1.54) is 19.1 Å². The van der Waals surface area contributed by atoms with Crippen LogP contribution in [0.25, 0.3) is 0 Å². The second kappa shape index (κ2) is 8.08. The average molecular weight is 390 g/mol. The molecule has 0 spiro atoms. The highest BCUT2D eigenvalue weighted by Crippen LogP contribution is 2.36. The van der Waals surface area contributed by atoms with E-state index >= 15 is 0 Å². The Morgan fingerprint density at radius 2 is 1.89 bits per heavy atom. The third-order valence-corrected chi connectivity index (χ3v) is 5.81. The molecule has 1 aliphatic carbocycles. The fraction of sp³-hybridized carbons (Fsp3) is 0.350. The van der Waals surface area contributed by atoms with Gasteiger partial charge in [0.05, 0.1) is 17.1 Å². The summed E-state index contributed by atoms with van der Waals surface area (Å²) in [5.41, 5.74) is 1.57. The van der Waals surface area contributed by atoms with Gasteiger partial charge in [0.15, 0.2) is 0 Å². The number of sulfonamides is 1. The number of carbonyl (C=O) groups excluding carboxylic acids is 1. The van der Waals surface area contributed by atoms with E-state index in [0.29, 0.717) is 18.5 Å². The zero-order chi connectivity index (χ0) is 19.4. The molecule has 0 aliphatic heterocycles. The minimum atomic E-state index is -3.66. The molecule has 2 aromatic carbocycles. The Balaban J connectivity index is 1.73. The van der Waals surface area contributed by atoms with Crippen LogP contribution >= 0.6 is 0 Å². The third-order valence-electron chi connectivity index (χ3n) is 4.46. The van der Waals surface area contributed by atoms with Crippen LogP contribution in [-0.4, -0.2) is 26.1 Å². The molecule has 1 amide bonds. The van der Waals surface area contributed by atoms with Gasteiger partial charge in [-0.2, -0.15) is 0 Å². The molecule has 7 heteroatoms. The number of aryl methyl sites for hydroxylation is 1. The Labute approximate surface area is 159 Å². The Morgan fingerprint density at radius 1 is 1.19 bits per heavy atom. The summed E-state index contributed by atoms with van der Waals surface area (Å²) in [6, 6.07) is 13.5. The fourth-order valence-electron chi connectivity index (χ4n) is 3.09. The van der Waals surface area contributed by atoms with Gasteiger partial charge in [-0.15, -0.1) is 0 Å². The smallest absolute Gasteiger partial charge is 0.232 e. The van der Waals surface area contributed by atoms with Crippen molar-refractivity contribution in [1.82, 2.24) is 0 Å². The number of hydrogen-bond donors (Lipinski definition) is 1. The van der Waals surface area contributed by atoms with Gasteiger partial charge >= 0.3 is 0 Å². The van der Waals surface area contributed by atoms with Crippen LogP contribution in [0.4, 0.5) is 15.8 Å². The molecule has 0 bridgehead atoms. The Bertz CT molecular complexity index is 912. The summed E-state index contributed by atoms with van der Waals surface area (Å²) >= 11 is 0. The summed E-state index contributed by atoms with van der Waals surface area (Å²) in [6.07, 6.45) is 2.81. The minimum Gasteiger partial charge on any atom is -0.308 e. The van der Waals surface area contributed by atoms with Crippen molar-refractivity contribution in [3.8, 4) is 0 Å². The molecule has 1 fully saturated rings. The molecule has 0 aromatic heterocycles. The number of nitrogens with zero attached hydrogens (tertiary/aromatic N) is 1. The number of halogens is 1. The van der Waals surface area contributed by atoms with Crippen LogP contribution in [0.5, 0.6) is 0 Å². The van der Waals surface area contributed by atoms with Crippen LogP contribution in [0.3, 0.4) is 0 Å². The van der Waals surface area contributed by atoms with E-state index in [0.717, 1.165) is 24.5 Å². The Hall–Kier alpha value is -2.41. The normalized spacial score (nSPS) is 14.0. The number of nitrogens with one attached hydrogen (secondary N) is 1. The van der Waals surface area contributed by atoms with Gasteiger partial charge < -0.3 is 4.90 Å². The molecule has 0 heterocycles. The van der Waals surface area contributed by atoms with Crippen LogP contribution in [0.2, 0.25) is 0 Å². The average Bonchev–Trinajstić information content (AvgIpc) is 3.42. The maximum atomic E-state index is 13.7. The Morgan fingerprint density at radius 3 is 2.52 bits per heavy atom. The molecule has 2 aromatic rings. The standard InChI is InChI=1S/C20H23FN2O3S/c1-15(24)23(18-10-11-18)20-12-9-17(21)14-19(20)22-27(25,26)13-5-8-16-6-3-2-4-7-16/h2-4,6-7,9,12,14,18,22H,5,8,10-11,13H2,1H3. The Kier molecular flexibility index (Phi) is 5.79. The zero-order valence-electron chi connectivity index (χ0n) is 15.2. The van der Waals surface area contributed by atoms with Crippen molar-refractivity contribution >= 4 is 27.3 Å². The number of anilines is 2. The number of amides is 1. The highest BCUT2D eigenvalue weighted by atomic mass is 32.2. The van der Waals surface area contributed by atoms with Crippen molar-refractivity contribution in [3.63, 3.8) is 0 Å². The first-order valence-electron chi connectivity index (χ1n) is 8.99. The summed E-state index contributed by atoms with van der Waals surface area (Å²) in [5, 5.41) is 0. The van der Waals surface area contributed by atoms with Crippen LogP contribution in [0.15, 0.2) is 48.5 Å². The van der Waals surface area contributed by atoms with E-state index in [1.54, 1.807) is 4.90 Å². The SMILES string of the molecule is CC(=O)N(c1ccc(F)cc1NS(=O)(=O)CCCc1ccccc1)C1CC1. The lowest BCUT2D eigenvalue weighted by Gasteiger charge is -2.24. The molecule has 0 unspecified atom stereocenters. The molecule has 3 rings (SSSR count). The first-order valence-corrected chi connectivity index (χ1v) is 10.6. The lowest BCUT2D eigenvalue weighted by molar-refractivity contribution is -0.116. The number of hydrogen-bond acceptors (Lipinski definition) is 3. The molecule has 0 radical (unpaired) electrons. The summed E-state index contributed by atoms with van der Waals surface area (Å²) in [5.74, 6) is -0.824. The molecular weight excluding hydrogens is 367 g/mol. The van der Waals surface area contributed by atoms with Gasteiger partial charge in [-0.1, -0.05) is 30.3 Å². The molecular formula is C20H23FN2O3S. The highest BCUT2D eigenvalue weighted by molar-refractivity contribution is 7.92. The molecule has 1 N–H and O–H groups in total. The second-order valence-electron chi connectivity index (χ2n) is 6.79. The first kappa shape index (κ1) is 19.4. The number of benzene rings is 2. The summed E-state index contributed by atoms with van der Waals surface area (Å²) < 4.78 is 41.2. The van der Waals surface area contributed by atoms with E-state index in [2.05, 4.69) is 4.72 Å². The lowest BCUT2D eigenvalue weighted by atomic mass is 10.1. The van der Waals surface area contributed by atoms with Gasteiger partial charge in [0.2, 0.25) is 15.9 Å². The van der Waals surface area contributed by atoms with Gasteiger partial charge in [0.1, 0.15) is 5.82 Å². The van der Waals surface area contributed by atoms with E-state index in [-0.39, 0.29) is 23.4 Å². The van der Waals surface area contributed by atoms with Crippen LogP contribution in [0.1, 0.15) is 31.7 Å². The van der Waals surface area contributed by atoms with Crippen molar-refractivity contribution in [2.45, 2.75) is 38.6 Å². The van der Waals surface area contributed by atoms with Crippen molar-refractivity contribution in [2.75, 3.05) is 15.4 Å². The summed E-state index contributed by atoms with van der Waals surface area (Å²) in [7, 11) is -3.66. The molecule has 27 heavy (non-hydrogen) atoms. The third kappa shape index (κ3) is 5.29. The van der Waals surface area contributed by atoms with Crippen LogP contribution in [-0.2, 0) is 21.2 Å². The maximum absolute atomic E-state index is 13.7. The predicted molar refractivity (Wildman–Crippen MR) is 105 cm³/mol. The minimum absolute atomic E-state index is 0.0503. The van der Waals surface area contributed by atoms with Crippen LogP contribution in [0, 0.1) is 5.82 Å². The van der Waals surface area contributed by atoms with Crippen molar-refractivity contribution < 1.29 is 17.6 Å². The van der Waals surface area contributed by atoms with E-state index in [1.807, 2.05) is 30.3 Å². The topological polar surface area (TPSA) is 66.5 Å². The van der Waals surface area contributed by atoms with Crippen molar-refractivity contribution in [1.29, 1.82) is 0 Å². The van der Waals surface area contributed by atoms with Gasteiger partial charge in [-0.05, 0) is 43.4 Å². The van der Waals surface area contributed by atoms with Gasteiger partial charge in [-0.3, -0.25) is 9.52 Å². The highest BCUT2D eigenvalue weighted by Gasteiger charge is 2.33.